The molecule has 0 aliphatic carbocycles. The van der Waals surface area contributed by atoms with E-state index in [1.54, 1.807) is 29.5 Å². The number of hydrogen-bond acceptors (Lipinski definition) is 1. The van der Waals surface area contributed by atoms with Crippen molar-refractivity contribution < 1.29 is 13.7 Å². The zero-order valence-corrected chi connectivity index (χ0v) is 31.0. The fourth-order valence-electron chi connectivity index (χ4n) is 8.77. The van der Waals surface area contributed by atoms with Gasteiger partial charge in [-0.05, 0) is 94.0 Å². The first kappa shape index (κ1) is 23.7. The lowest BCUT2D eigenvalue weighted by Crippen LogP contribution is -1.96. The van der Waals surface area contributed by atoms with Crippen LogP contribution in [0.15, 0.2) is 206 Å². The molecule has 0 aliphatic rings. The number of fused-ring (bicyclic) bond motifs is 9. The van der Waals surface area contributed by atoms with E-state index in [9.17, 15) is 0 Å². The van der Waals surface area contributed by atoms with E-state index in [1.807, 2.05) is 42.5 Å². The maximum atomic E-state index is 9.10. The van der Waals surface area contributed by atoms with E-state index in [-0.39, 0.29) is 22.3 Å². The highest BCUT2D eigenvalue weighted by Crippen LogP contribution is 2.46. The van der Waals surface area contributed by atoms with Gasteiger partial charge in [-0.25, -0.2) is 0 Å². The molecule has 57 heavy (non-hydrogen) atoms. The predicted octanol–water partition coefficient (Wildman–Crippen LogP) is 15.2. The largest absolute Gasteiger partial charge is 0.309 e. The number of thiophene rings is 1. The Balaban J connectivity index is 1.15. The molecule has 0 atom stereocenters. The van der Waals surface area contributed by atoms with Gasteiger partial charge in [0.2, 0.25) is 0 Å². The van der Waals surface area contributed by atoms with Crippen molar-refractivity contribution in [1.82, 2.24) is 9.13 Å². The molecule has 0 saturated heterocycles. The van der Waals surface area contributed by atoms with E-state index in [4.69, 9.17) is 13.7 Å². The molecule has 0 spiro atoms. The first-order valence-corrected chi connectivity index (χ1v) is 19.5. The van der Waals surface area contributed by atoms with E-state index < -0.39 is 60.4 Å². The van der Waals surface area contributed by atoms with Crippen molar-refractivity contribution in [1.29, 1.82) is 0 Å². The second-order valence-corrected chi connectivity index (χ2v) is 15.2. The van der Waals surface area contributed by atoms with Gasteiger partial charge in [-0.3, -0.25) is 0 Å². The third-order valence-electron chi connectivity index (χ3n) is 11.1. The molecule has 0 unspecified atom stereocenters. The molecule has 9 aromatic carbocycles. The third-order valence-corrected chi connectivity index (χ3v) is 12.3. The summed E-state index contributed by atoms with van der Waals surface area (Å²) in [6, 6.07) is 44.0. The first-order valence-electron chi connectivity index (χ1n) is 23.7. The molecule has 0 amide bonds. The number of hydrogen-bond donors (Lipinski definition) is 0. The van der Waals surface area contributed by atoms with Gasteiger partial charge in [0.15, 0.2) is 0 Å². The summed E-state index contributed by atoms with van der Waals surface area (Å²) in [7, 11) is 0. The van der Waals surface area contributed by atoms with Gasteiger partial charge in [0.25, 0.3) is 0 Å². The van der Waals surface area contributed by atoms with E-state index in [0.717, 1.165) is 55.0 Å². The Morgan fingerprint density at radius 2 is 0.877 bits per heavy atom. The van der Waals surface area contributed by atoms with Crippen molar-refractivity contribution in [2.45, 2.75) is 0 Å². The Labute approximate surface area is 347 Å². The molecule has 0 bridgehead atoms. The molecule has 3 heterocycles. The van der Waals surface area contributed by atoms with Crippen LogP contribution in [0.3, 0.4) is 0 Å². The number of nitrogens with zero attached hydrogens (tertiary/aromatic N) is 2. The molecule has 3 heteroatoms. The number of benzene rings is 9. The molecular weight excluding hydrogens is 709 g/mol. The van der Waals surface area contributed by atoms with Crippen LogP contribution in [-0.2, 0) is 0 Å². The minimum atomic E-state index is -0.538. The number of rotatable bonds is 5. The highest BCUT2D eigenvalue weighted by molar-refractivity contribution is 7.25. The van der Waals surface area contributed by atoms with Crippen LogP contribution in [0.25, 0.3) is 109 Å². The predicted molar refractivity (Wildman–Crippen MR) is 244 cm³/mol. The van der Waals surface area contributed by atoms with Crippen molar-refractivity contribution >= 4 is 75.1 Å². The first-order chi connectivity index (χ1) is 32.4. The lowest BCUT2D eigenvalue weighted by molar-refractivity contribution is 1.17. The highest BCUT2D eigenvalue weighted by Gasteiger charge is 2.22. The van der Waals surface area contributed by atoms with Crippen LogP contribution in [-0.4, -0.2) is 9.13 Å². The van der Waals surface area contributed by atoms with Gasteiger partial charge >= 0.3 is 0 Å². The summed E-state index contributed by atoms with van der Waals surface area (Å²) in [4.78, 5) is 0. The number of para-hydroxylation sites is 2. The molecule has 0 radical (unpaired) electrons. The molecular formula is C54H34N2S. The molecule has 0 N–H and O–H groups in total. The Hall–Kier alpha value is -7.20. The average Bonchev–Trinajstić information content (AvgIpc) is 4.01. The van der Waals surface area contributed by atoms with E-state index in [0.29, 0.717) is 11.1 Å². The van der Waals surface area contributed by atoms with Crippen LogP contribution in [0.5, 0.6) is 0 Å². The maximum Gasteiger partial charge on any atom is 0.0629 e. The highest BCUT2D eigenvalue weighted by atomic mass is 32.1. The zero-order valence-electron chi connectivity index (χ0n) is 40.2. The molecule has 12 aromatic rings. The maximum absolute atomic E-state index is 9.10. The second-order valence-electron chi connectivity index (χ2n) is 14.1. The van der Waals surface area contributed by atoms with Crippen molar-refractivity contribution in [3.05, 3.63) is 206 Å². The lowest BCUT2D eigenvalue weighted by Gasteiger charge is -2.18. The SMILES string of the molecule is [2H]c1c([2H])c([2H])c(-c2cccc(-c3c([2H])c([2H])c([2H])c([2H])c3[2H])c2-c2cccc3c2c2ccccc2n3-c2ccc3c(c2)c2ccccc2n3-c2ccc3sc4ccccc4c3c2)c([2H])c1[2H]. The standard InChI is InChI=1S/C54H34N2S/c1-3-15-35(16-4-1)39-22-13-23-40(36-17-5-2-6-18-36)53(39)44-24-14-27-50-54(44)43-21-8-11-26-48(43)56(50)37-29-31-49-45(33-37)41-19-7-10-25-47(41)55(49)38-30-32-52-46(34-38)42-20-9-12-28-51(42)57-52/h1-34H/i1D,2D,3D,4D,5D,6D,15D,16D,17D,18D. The van der Waals surface area contributed by atoms with Crippen LogP contribution in [0.4, 0.5) is 0 Å². The van der Waals surface area contributed by atoms with Crippen LogP contribution in [0.1, 0.15) is 13.7 Å². The fourth-order valence-corrected chi connectivity index (χ4v) is 9.85. The Morgan fingerprint density at radius 3 is 1.61 bits per heavy atom. The summed E-state index contributed by atoms with van der Waals surface area (Å²) in [5.74, 6) is 0. The summed E-state index contributed by atoms with van der Waals surface area (Å²) in [5.41, 5.74) is 7.09. The van der Waals surface area contributed by atoms with Gasteiger partial charge in [-0.1, -0.05) is 145 Å². The topological polar surface area (TPSA) is 9.86 Å². The molecule has 0 aliphatic heterocycles. The van der Waals surface area contributed by atoms with Crippen molar-refractivity contribution in [2.75, 3.05) is 0 Å². The Morgan fingerprint density at radius 1 is 0.368 bits per heavy atom. The monoisotopic (exact) mass is 752 g/mol. The fraction of sp³-hybridized carbons (Fsp3) is 0. The minimum absolute atomic E-state index is 0.0656. The summed E-state index contributed by atoms with van der Waals surface area (Å²) in [5, 5.41) is 6.21. The summed E-state index contributed by atoms with van der Waals surface area (Å²) in [6.07, 6.45) is 0. The van der Waals surface area contributed by atoms with E-state index >= 15 is 0 Å². The van der Waals surface area contributed by atoms with Crippen LogP contribution in [0, 0.1) is 0 Å². The second kappa shape index (κ2) is 12.7. The van der Waals surface area contributed by atoms with Gasteiger partial charge in [0.05, 0.1) is 35.8 Å². The van der Waals surface area contributed by atoms with Gasteiger partial charge in [-0.2, -0.15) is 0 Å². The Bertz CT molecular complexity index is 3980. The molecule has 266 valence electrons. The van der Waals surface area contributed by atoms with E-state index in [2.05, 4.69) is 94.1 Å². The quantitative estimate of drug-likeness (QED) is 0.166. The Kier molecular flexibility index (Phi) is 5.26. The molecule has 12 rings (SSSR count). The summed E-state index contributed by atoms with van der Waals surface area (Å²) >= 11 is 1.79. The van der Waals surface area contributed by atoms with E-state index in [1.165, 1.54) is 20.2 Å². The smallest absolute Gasteiger partial charge is 0.0629 e. The van der Waals surface area contributed by atoms with Crippen molar-refractivity contribution in [2.24, 2.45) is 0 Å². The molecule has 0 saturated carbocycles. The summed E-state index contributed by atoms with van der Waals surface area (Å²) in [6.45, 7) is 0. The van der Waals surface area contributed by atoms with Crippen LogP contribution >= 0.6 is 11.3 Å². The van der Waals surface area contributed by atoms with Crippen LogP contribution in [0.2, 0.25) is 0 Å². The molecule has 0 fully saturated rings. The average molecular weight is 753 g/mol. The van der Waals surface area contributed by atoms with Gasteiger partial charge in [0, 0.05) is 53.1 Å². The van der Waals surface area contributed by atoms with Gasteiger partial charge < -0.3 is 9.13 Å². The third kappa shape index (κ3) is 4.89. The molecule has 3 aromatic heterocycles. The lowest BCUT2D eigenvalue weighted by atomic mass is 9.86. The minimum Gasteiger partial charge on any atom is -0.309 e. The normalized spacial score (nSPS) is 14.3. The molecule has 2 nitrogen and oxygen atoms in total. The summed E-state index contributed by atoms with van der Waals surface area (Å²) < 4.78 is 94.7. The van der Waals surface area contributed by atoms with Crippen LogP contribution < -0.4 is 0 Å². The van der Waals surface area contributed by atoms with Crippen molar-refractivity contribution in [3.8, 4) is 44.8 Å². The zero-order chi connectivity index (χ0) is 46.2. The van der Waals surface area contributed by atoms with Gasteiger partial charge in [-0.15, -0.1) is 11.3 Å². The van der Waals surface area contributed by atoms with Crippen molar-refractivity contribution in [3.63, 3.8) is 0 Å². The number of aromatic nitrogens is 2. The van der Waals surface area contributed by atoms with Gasteiger partial charge in [0.1, 0.15) is 0 Å².